The van der Waals surface area contributed by atoms with Gasteiger partial charge in [-0.25, -0.2) is 9.97 Å². The summed E-state index contributed by atoms with van der Waals surface area (Å²) in [6.07, 6.45) is 6.30. The fraction of sp³-hybridized carbons (Fsp3) is 0.412. The molecule has 1 aromatic carbocycles. The number of carbonyl (C=O) groups excluding carboxylic acids is 2. The van der Waals surface area contributed by atoms with Crippen molar-refractivity contribution in [2.45, 2.75) is 65.7 Å². The van der Waals surface area contributed by atoms with Crippen molar-refractivity contribution < 1.29 is 28.6 Å². The van der Waals surface area contributed by atoms with Gasteiger partial charge in [-0.05, 0) is 55.0 Å². The third-order valence-electron chi connectivity index (χ3n) is 7.57. The molecule has 0 radical (unpaired) electrons. The number of nitrogens with one attached hydrogen (secondary N) is 2. The Balaban J connectivity index is 0.00000167. The summed E-state index contributed by atoms with van der Waals surface area (Å²) in [5.41, 5.74) is 2.47. The normalized spacial score (nSPS) is 15.5. The van der Waals surface area contributed by atoms with Gasteiger partial charge in [-0.2, -0.15) is 5.26 Å². The monoisotopic (exact) mass is 675 g/mol. The number of imidazole rings is 1. The summed E-state index contributed by atoms with van der Waals surface area (Å²) in [6, 6.07) is 11.8. The highest BCUT2D eigenvalue weighted by atomic mass is 32.1. The average molecular weight is 676 g/mol. The standard InChI is InChI=1S/C33H39N7O4S.CH2O2/c1-21(19-43-5)36-16-22-8-9-26-25(13-22)37-32(38-30(41)29-11-10-28(45-29)27-17-35-20-44-27)40(26)18-24-7-6-12-39(24)31(42)23(15-34)14-33(2,3)4;2-1-3/h8-11,13-14,17,20-21,24,36H,6-7,12,16,18-19H2,1-5H3,(H,37,38,41);1H,(H,2,3)/b23-14+;/t21-,24-;/m1./s1. The number of fused-ring (bicyclic) bond motifs is 1. The Labute approximate surface area is 283 Å². The summed E-state index contributed by atoms with van der Waals surface area (Å²) in [5.74, 6) is 0.432. The van der Waals surface area contributed by atoms with Crippen molar-refractivity contribution in [3.05, 3.63) is 65.0 Å². The van der Waals surface area contributed by atoms with Gasteiger partial charge < -0.3 is 29.0 Å². The fourth-order valence-electron chi connectivity index (χ4n) is 5.49. The lowest BCUT2D eigenvalue weighted by atomic mass is 9.93. The van der Waals surface area contributed by atoms with Gasteiger partial charge in [-0.1, -0.05) is 32.9 Å². The molecule has 14 heteroatoms. The summed E-state index contributed by atoms with van der Waals surface area (Å²) >= 11 is 1.30. The van der Waals surface area contributed by atoms with Crippen molar-refractivity contribution in [1.29, 1.82) is 5.26 Å². The number of ether oxygens (including phenoxy) is 1. The summed E-state index contributed by atoms with van der Waals surface area (Å²) < 4.78 is 12.6. The molecule has 0 aliphatic carbocycles. The number of amides is 2. The van der Waals surface area contributed by atoms with Crippen LogP contribution in [0.1, 0.15) is 55.8 Å². The third kappa shape index (κ3) is 9.15. The van der Waals surface area contributed by atoms with Crippen molar-refractivity contribution in [3.8, 4) is 16.7 Å². The quantitative estimate of drug-likeness (QED) is 0.107. The summed E-state index contributed by atoms with van der Waals surface area (Å²) in [4.78, 5) is 47.3. The van der Waals surface area contributed by atoms with Crippen LogP contribution >= 0.6 is 11.3 Å². The van der Waals surface area contributed by atoms with E-state index in [1.165, 1.54) is 17.7 Å². The molecule has 1 aliphatic rings. The number of carboxylic acid groups (broad SMARTS) is 1. The number of hydrogen-bond acceptors (Lipinski definition) is 10. The molecule has 1 aliphatic heterocycles. The van der Waals surface area contributed by atoms with Gasteiger partial charge in [-0.15, -0.1) is 11.3 Å². The molecule has 1 saturated heterocycles. The van der Waals surface area contributed by atoms with Crippen LogP contribution in [0.5, 0.6) is 0 Å². The first kappa shape index (κ1) is 36.0. The van der Waals surface area contributed by atoms with E-state index in [-0.39, 0.29) is 41.4 Å². The van der Waals surface area contributed by atoms with Gasteiger partial charge in [-0.3, -0.25) is 19.7 Å². The zero-order chi connectivity index (χ0) is 34.8. The number of methoxy groups -OCH3 is 1. The van der Waals surface area contributed by atoms with Gasteiger partial charge >= 0.3 is 0 Å². The largest absolute Gasteiger partial charge is 0.483 e. The zero-order valence-electron chi connectivity index (χ0n) is 27.7. The minimum absolute atomic E-state index is 0.151. The second-order valence-electron chi connectivity index (χ2n) is 12.5. The Hall–Kier alpha value is -4.84. The van der Waals surface area contributed by atoms with E-state index in [2.05, 4.69) is 28.6 Å². The molecule has 48 heavy (non-hydrogen) atoms. The van der Waals surface area contributed by atoms with Crippen LogP contribution in [0.2, 0.25) is 0 Å². The number of likely N-dealkylation sites (tertiary alicyclic amines) is 1. The molecule has 0 spiro atoms. The Morgan fingerprint density at radius 3 is 2.73 bits per heavy atom. The Morgan fingerprint density at radius 2 is 2.06 bits per heavy atom. The first-order valence-electron chi connectivity index (χ1n) is 15.5. The van der Waals surface area contributed by atoms with Crippen LogP contribution in [0.25, 0.3) is 21.7 Å². The number of rotatable bonds is 11. The first-order chi connectivity index (χ1) is 23.0. The molecule has 4 aromatic rings. The van der Waals surface area contributed by atoms with Crippen molar-refractivity contribution in [1.82, 2.24) is 24.8 Å². The fourth-order valence-corrected chi connectivity index (χ4v) is 6.35. The highest BCUT2D eigenvalue weighted by molar-refractivity contribution is 7.17. The number of carbonyl (C=O) groups is 3. The molecule has 5 rings (SSSR count). The zero-order valence-corrected chi connectivity index (χ0v) is 28.5. The van der Waals surface area contributed by atoms with E-state index in [1.54, 1.807) is 30.3 Å². The van der Waals surface area contributed by atoms with Crippen molar-refractivity contribution in [2.24, 2.45) is 5.41 Å². The SMILES string of the molecule is COC[C@@H](C)NCc1ccc2c(c1)nc(NC(=O)c1ccc(-c3cnco3)s1)n2C[C@H]1CCCN1C(=O)/C(C#N)=C/C(C)(C)C.O=CO. The Morgan fingerprint density at radius 1 is 1.29 bits per heavy atom. The van der Waals surface area contributed by atoms with Gasteiger partial charge in [0.15, 0.2) is 12.2 Å². The molecule has 2 atom stereocenters. The maximum absolute atomic E-state index is 13.5. The van der Waals surface area contributed by atoms with Crippen LogP contribution in [0.15, 0.2) is 59.0 Å². The molecule has 3 N–H and O–H groups in total. The van der Waals surface area contributed by atoms with E-state index < -0.39 is 0 Å². The average Bonchev–Trinajstić information content (AvgIpc) is 3.86. The van der Waals surface area contributed by atoms with Crippen molar-refractivity contribution >= 4 is 46.6 Å². The van der Waals surface area contributed by atoms with E-state index in [4.69, 9.17) is 24.0 Å². The second kappa shape index (κ2) is 16.3. The van der Waals surface area contributed by atoms with Gasteiger partial charge in [0.1, 0.15) is 11.6 Å². The lowest BCUT2D eigenvalue weighted by Crippen LogP contribution is -2.39. The van der Waals surface area contributed by atoms with Crippen LogP contribution in [-0.4, -0.2) is 75.2 Å². The number of allylic oxidation sites excluding steroid dienone is 1. The van der Waals surface area contributed by atoms with Crippen LogP contribution in [0.4, 0.5) is 5.95 Å². The molecule has 4 heterocycles. The van der Waals surface area contributed by atoms with E-state index in [1.807, 2.05) is 49.6 Å². The summed E-state index contributed by atoms with van der Waals surface area (Å²) in [6.45, 7) is 9.94. The second-order valence-corrected chi connectivity index (χ2v) is 13.6. The molecule has 0 unspecified atom stereocenters. The van der Waals surface area contributed by atoms with Gasteiger partial charge in [0.25, 0.3) is 18.3 Å². The molecule has 1 fully saturated rings. The third-order valence-corrected chi connectivity index (χ3v) is 8.67. The molecule has 13 nitrogen and oxygen atoms in total. The molecule has 3 aromatic heterocycles. The molecule has 0 saturated carbocycles. The van der Waals surface area contributed by atoms with Crippen LogP contribution in [0, 0.1) is 16.7 Å². The number of oxazole rings is 1. The molecular formula is C34H41N7O6S. The maximum atomic E-state index is 13.5. The Bertz CT molecular complexity index is 1780. The minimum atomic E-state index is -0.309. The van der Waals surface area contributed by atoms with E-state index in [0.29, 0.717) is 42.8 Å². The number of hydrogen-bond donors (Lipinski definition) is 3. The minimum Gasteiger partial charge on any atom is -0.483 e. The van der Waals surface area contributed by atoms with E-state index >= 15 is 0 Å². The predicted octanol–water partition coefficient (Wildman–Crippen LogP) is 5.32. The van der Waals surface area contributed by atoms with Crippen molar-refractivity contribution in [3.63, 3.8) is 0 Å². The Kier molecular flexibility index (Phi) is 12.2. The number of nitriles is 1. The number of thiophene rings is 1. The highest BCUT2D eigenvalue weighted by Gasteiger charge is 2.32. The lowest BCUT2D eigenvalue weighted by molar-refractivity contribution is -0.127. The lowest BCUT2D eigenvalue weighted by Gasteiger charge is -2.26. The van der Waals surface area contributed by atoms with Crippen LogP contribution in [0.3, 0.4) is 0 Å². The van der Waals surface area contributed by atoms with Gasteiger partial charge in [0.05, 0.1) is 39.6 Å². The topological polar surface area (TPSA) is 176 Å². The van der Waals surface area contributed by atoms with E-state index in [0.717, 1.165) is 34.3 Å². The van der Waals surface area contributed by atoms with Crippen LogP contribution < -0.4 is 10.6 Å². The number of nitrogens with zero attached hydrogens (tertiary/aromatic N) is 5. The number of anilines is 1. The van der Waals surface area contributed by atoms with Crippen molar-refractivity contribution in [2.75, 3.05) is 25.6 Å². The summed E-state index contributed by atoms with van der Waals surface area (Å²) in [5, 5.41) is 23.2. The summed E-state index contributed by atoms with van der Waals surface area (Å²) in [7, 11) is 1.68. The highest BCUT2D eigenvalue weighted by Crippen LogP contribution is 2.30. The maximum Gasteiger partial charge on any atom is 0.290 e. The molecule has 0 bridgehead atoms. The van der Waals surface area contributed by atoms with E-state index in [9.17, 15) is 14.9 Å². The molecule has 2 amide bonds. The molecule has 254 valence electrons. The smallest absolute Gasteiger partial charge is 0.290 e. The molecular weight excluding hydrogens is 634 g/mol. The van der Waals surface area contributed by atoms with Gasteiger partial charge in [0, 0.05) is 32.8 Å². The van der Waals surface area contributed by atoms with Crippen LogP contribution in [-0.2, 0) is 27.4 Å². The number of benzene rings is 1. The number of aromatic nitrogens is 3. The predicted molar refractivity (Wildman–Crippen MR) is 182 cm³/mol. The van der Waals surface area contributed by atoms with Gasteiger partial charge in [0.2, 0.25) is 5.95 Å². The first-order valence-corrected chi connectivity index (χ1v) is 16.3.